The predicted molar refractivity (Wildman–Crippen MR) is 120 cm³/mol. The summed E-state index contributed by atoms with van der Waals surface area (Å²) in [6, 6.07) is 5.78. The summed E-state index contributed by atoms with van der Waals surface area (Å²) in [6.45, 7) is 6.50. The quantitative estimate of drug-likeness (QED) is 0.260. The summed E-state index contributed by atoms with van der Waals surface area (Å²) in [4.78, 5) is -0.178. The summed E-state index contributed by atoms with van der Waals surface area (Å²) in [7, 11) is 0.155. The normalized spacial score (nSPS) is 11.8. The second kappa shape index (κ2) is 15.8. The zero-order valence-electron chi connectivity index (χ0n) is 19.0. The highest BCUT2D eigenvalue weighted by Gasteiger charge is 2.12. The molecule has 0 amide bonds. The number of likely N-dealkylation sites (N-methyl/N-ethyl adjacent to an activating group) is 1. The van der Waals surface area contributed by atoms with Crippen LogP contribution in [0.25, 0.3) is 0 Å². The summed E-state index contributed by atoms with van der Waals surface area (Å²) < 4.78 is 32.1. The number of hydrogen-bond acceptors (Lipinski definition) is 4. The summed E-state index contributed by atoms with van der Waals surface area (Å²) >= 11 is 0. The number of aliphatic hydroxyl groups is 1. The Balaban J connectivity index is 0.000000604. The van der Waals surface area contributed by atoms with Crippen molar-refractivity contribution in [1.29, 1.82) is 0 Å². The van der Waals surface area contributed by atoms with Crippen LogP contribution in [0, 0.1) is 6.92 Å². The maximum atomic E-state index is 10.4. The van der Waals surface area contributed by atoms with Gasteiger partial charge in [-0.15, -0.1) is 0 Å². The molecule has 1 rings (SSSR count). The van der Waals surface area contributed by atoms with Crippen molar-refractivity contribution >= 4 is 10.1 Å². The van der Waals surface area contributed by atoms with Crippen LogP contribution in [0.3, 0.4) is 0 Å². The minimum absolute atomic E-state index is 0.178. The van der Waals surface area contributed by atoms with Gasteiger partial charge in [0.15, 0.2) is 0 Å². The lowest BCUT2D eigenvalue weighted by Crippen LogP contribution is -2.42. The molecule has 0 aliphatic heterocycles. The molecule has 1 N–H and O–H groups in total. The summed E-state index contributed by atoms with van der Waals surface area (Å²) in [5.74, 6) is 0. The van der Waals surface area contributed by atoms with Crippen LogP contribution in [0.15, 0.2) is 29.2 Å². The fraction of sp³-hybridized carbons (Fsp3) is 0.739. The molecule has 0 aliphatic rings. The maximum Gasteiger partial charge on any atom is 0.124 e. The Kier molecular flexibility index (Phi) is 15.3. The van der Waals surface area contributed by atoms with Crippen molar-refractivity contribution < 1.29 is 22.6 Å². The highest BCUT2D eigenvalue weighted by atomic mass is 32.2. The van der Waals surface area contributed by atoms with Crippen molar-refractivity contribution in [2.75, 3.05) is 33.8 Å². The number of aliphatic hydroxyl groups excluding tert-OH is 1. The van der Waals surface area contributed by atoms with E-state index < -0.39 is 10.1 Å². The van der Waals surface area contributed by atoms with E-state index in [1.807, 2.05) is 6.92 Å². The predicted octanol–water partition coefficient (Wildman–Crippen LogP) is 4.88. The Hall–Kier alpha value is -0.950. The first-order valence-corrected chi connectivity index (χ1v) is 12.5. The van der Waals surface area contributed by atoms with Gasteiger partial charge in [0.25, 0.3) is 0 Å². The van der Waals surface area contributed by atoms with E-state index in [1.54, 1.807) is 12.1 Å². The molecule has 0 radical (unpaired) electrons. The zero-order valence-corrected chi connectivity index (χ0v) is 19.8. The highest BCUT2D eigenvalue weighted by Crippen LogP contribution is 2.11. The number of benzene rings is 1. The Morgan fingerprint density at radius 1 is 0.828 bits per heavy atom. The van der Waals surface area contributed by atoms with Gasteiger partial charge < -0.3 is 14.1 Å². The Labute approximate surface area is 179 Å². The molecule has 0 heterocycles. The van der Waals surface area contributed by atoms with Crippen LogP contribution >= 0.6 is 0 Å². The largest absolute Gasteiger partial charge is 0.744 e. The minimum atomic E-state index is -4.27. The Bertz CT molecular complexity index is 612. The van der Waals surface area contributed by atoms with Crippen molar-refractivity contribution in [3.8, 4) is 0 Å². The Morgan fingerprint density at radius 3 is 1.69 bits per heavy atom. The lowest BCUT2D eigenvalue weighted by Gasteiger charge is -2.28. The third-order valence-corrected chi connectivity index (χ3v) is 5.98. The number of unbranched alkanes of at least 4 members (excludes halogenated alkanes) is 9. The first kappa shape index (κ1) is 28.1. The molecular formula is C23H43NO4S. The molecule has 0 aliphatic carbocycles. The summed E-state index contributed by atoms with van der Waals surface area (Å²) in [6.07, 6.45) is 14.0. The maximum absolute atomic E-state index is 10.4. The van der Waals surface area contributed by atoms with Gasteiger partial charge in [-0.3, -0.25) is 0 Å². The van der Waals surface area contributed by atoms with Crippen LogP contribution in [-0.2, 0) is 10.1 Å². The van der Waals surface area contributed by atoms with Crippen LogP contribution in [0.5, 0.6) is 0 Å². The molecule has 0 fully saturated rings. The molecule has 0 saturated heterocycles. The van der Waals surface area contributed by atoms with E-state index in [1.165, 1.54) is 82.9 Å². The van der Waals surface area contributed by atoms with Gasteiger partial charge in [0, 0.05) is 0 Å². The fourth-order valence-electron chi connectivity index (χ4n) is 3.11. The van der Waals surface area contributed by atoms with E-state index in [0.29, 0.717) is 6.61 Å². The molecule has 0 unspecified atom stereocenters. The molecular weight excluding hydrogens is 386 g/mol. The van der Waals surface area contributed by atoms with Crippen molar-refractivity contribution in [3.63, 3.8) is 0 Å². The van der Waals surface area contributed by atoms with Gasteiger partial charge in [-0.25, -0.2) is 8.42 Å². The monoisotopic (exact) mass is 429 g/mol. The number of rotatable bonds is 14. The lowest BCUT2D eigenvalue weighted by atomic mass is 10.1. The van der Waals surface area contributed by atoms with Crippen molar-refractivity contribution in [3.05, 3.63) is 29.8 Å². The molecule has 29 heavy (non-hydrogen) atoms. The third-order valence-electron chi connectivity index (χ3n) is 5.13. The highest BCUT2D eigenvalue weighted by molar-refractivity contribution is 7.85. The molecule has 0 aromatic heterocycles. The zero-order chi connectivity index (χ0) is 22.2. The van der Waals surface area contributed by atoms with E-state index in [4.69, 9.17) is 5.11 Å². The van der Waals surface area contributed by atoms with Gasteiger partial charge in [0.1, 0.15) is 16.7 Å². The molecule has 0 spiro atoms. The molecule has 6 heteroatoms. The second-order valence-electron chi connectivity index (χ2n) is 8.56. The fourth-order valence-corrected chi connectivity index (χ4v) is 3.58. The van der Waals surface area contributed by atoms with Gasteiger partial charge >= 0.3 is 0 Å². The van der Waals surface area contributed by atoms with E-state index in [0.717, 1.165) is 16.6 Å². The van der Waals surface area contributed by atoms with E-state index in [9.17, 15) is 13.0 Å². The summed E-state index contributed by atoms with van der Waals surface area (Å²) in [5.41, 5.74) is 0.928. The number of hydrogen-bond donors (Lipinski definition) is 1. The van der Waals surface area contributed by atoms with E-state index in [2.05, 4.69) is 21.0 Å². The number of aryl methyl sites for hydroxylation is 1. The SMILES string of the molecule is CCCCCCCCCCCC[N+](C)(C)CCO.Cc1ccc(S(=O)(=O)[O-])cc1. The van der Waals surface area contributed by atoms with E-state index in [-0.39, 0.29) is 4.90 Å². The van der Waals surface area contributed by atoms with Gasteiger partial charge in [-0.1, -0.05) is 76.0 Å². The van der Waals surface area contributed by atoms with Crippen LogP contribution in [-0.4, -0.2) is 56.4 Å². The van der Waals surface area contributed by atoms with Crippen molar-refractivity contribution in [2.24, 2.45) is 0 Å². The molecule has 0 atom stereocenters. The van der Waals surface area contributed by atoms with Gasteiger partial charge in [-0.05, 0) is 31.9 Å². The standard InChI is InChI=1S/C16H36NO.C7H8O3S/c1-4-5-6-7-8-9-10-11-12-13-14-17(2,3)15-16-18;1-6-2-4-7(5-3-6)11(8,9)10/h18H,4-16H2,1-3H3;2-5H,1H3,(H,8,9,10)/q+1;/p-1. The molecule has 0 saturated carbocycles. The van der Waals surface area contributed by atoms with Crippen LogP contribution in [0.1, 0.15) is 76.7 Å². The second-order valence-corrected chi connectivity index (χ2v) is 9.94. The van der Waals surface area contributed by atoms with E-state index >= 15 is 0 Å². The molecule has 1 aromatic rings. The topological polar surface area (TPSA) is 77.4 Å². The first-order chi connectivity index (χ1) is 13.6. The number of quaternary nitrogens is 1. The number of nitrogens with zero attached hydrogens (tertiary/aromatic N) is 1. The van der Waals surface area contributed by atoms with Crippen molar-refractivity contribution in [2.45, 2.75) is 83.0 Å². The first-order valence-electron chi connectivity index (χ1n) is 11.1. The summed E-state index contributed by atoms with van der Waals surface area (Å²) in [5, 5.41) is 8.95. The van der Waals surface area contributed by atoms with Crippen LogP contribution in [0.2, 0.25) is 0 Å². The molecule has 5 nitrogen and oxygen atoms in total. The molecule has 170 valence electrons. The molecule has 1 aromatic carbocycles. The Morgan fingerprint density at radius 2 is 1.28 bits per heavy atom. The van der Waals surface area contributed by atoms with Gasteiger partial charge in [-0.2, -0.15) is 0 Å². The van der Waals surface area contributed by atoms with Gasteiger partial charge in [0.05, 0.1) is 32.1 Å². The van der Waals surface area contributed by atoms with Crippen LogP contribution in [0.4, 0.5) is 0 Å². The van der Waals surface area contributed by atoms with Crippen molar-refractivity contribution in [1.82, 2.24) is 0 Å². The third kappa shape index (κ3) is 16.5. The van der Waals surface area contributed by atoms with Gasteiger partial charge in [0.2, 0.25) is 0 Å². The smallest absolute Gasteiger partial charge is 0.124 e. The average molecular weight is 430 g/mol. The van der Waals surface area contributed by atoms with Crippen LogP contribution < -0.4 is 0 Å². The minimum Gasteiger partial charge on any atom is -0.744 e. The lowest BCUT2D eigenvalue weighted by molar-refractivity contribution is -0.890. The average Bonchev–Trinajstić information content (AvgIpc) is 2.63. The molecule has 0 bridgehead atoms.